The normalized spacial score (nSPS) is 15.3. The zero-order valence-corrected chi connectivity index (χ0v) is 20.2. The number of nitrogens with zero attached hydrogens (tertiary/aromatic N) is 2. The Bertz CT molecular complexity index is 1150. The molecule has 3 aromatic rings. The number of ether oxygens (including phenoxy) is 1. The number of hydrogen-bond acceptors (Lipinski definition) is 4. The Hall–Kier alpha value is -3.12. The summed E-state index contributed by atoms with van der Waals surface area (Å²) in [5.41, 5.74) is 7.04. The van der Waals surface area contributed by atoms with Crippen molar-refractivity contribution in [3.8, 4) is 16.9 Å². The van der Waals surface area contributed by atoms with Crippen LogP contribution in [0.2, 0.25) is 0 Å². The molecule has 0 spiro atoms. The number of benzene rings is 2. The first-order valence-corrected chi connectivity index (χ1v) is 11.7. The standard InChI is InChI=1S/C27H34N4O2/c1-17-6-7-21(20-8-10-28-11-9-20)15-25(17)27(32)29-18(2)22-12-23(14-24(13-22)33-5)26-16-31(4)30-19(26)3/h6-7,12-16,18,20,28H,8-11H2,1-5H3,(H,29,32)/t18-/m1/s1. The maximum atomic E-state index is 13.3. The maximum absolute atomic E-state index is 13.3. The van der Waals surface area contributed by atoms with E-state index in [1.807, 2.05) is 50.8 Å². The summed E-state index contributed by atoms with van der Waals surface area (Å²) in [7, 11) is 3.58. The predicted molar refractivity (Wildman–Crippen MR) is 132 cm³/mol. The summed E-state index contributed by atoms with van der Waals surface area (Å²) >= 11 is 0. The van der Waals surface area contributed by atoms with E-state index in [-0.39, 0.29) is 11.9 Å². The van der Waals surface area contributed by atoms with Gasteiger partial charge < -0.3 is 15.4 Å². The van der Waals surface area contributed by atoms with Crippen LogP contribution in [0.3, 0.4) is 0 Å². The van der Waals surface area contributed by atoms with Gasteiger partial charge in [-0.05, 0) is 99.1 Å². The van der Waals surface area contributed by atoms with Gasteiger partial charge in [0.25, 0.3) is 5.91 Å². The highest BCUT2D eigenvalue weighted by Gasteiger charge is 2.20. The summed E-state index contributed by atoms with van der Waals surface area (Å²) in [6, 6.07) is 12.3. The van der Waals surface area contributed by atoms with E-state index < -0.39 is 0 Å². The van der Waals surface area contributed by atoms with Gasteiger partial charge in [0.2, 0.25) is 0 Å². The summed E-state index contributed by atoms with van der Waals surface area (Å²) in [5, 5.41) is 11.1. The van der Waals surface area contributed by atoms with Gasteiger partial charge in [-0.3, -0.25) is 9.48 Å². The van der Waals surface area contributed by atoms with Crippen molar-refractivity contribution in [2.75, 3.05) is 20.2 Å². The largest absolute Gasteiger partial charge is 0.497 e. The Kier molecular flexibility index (Phi) is 6.84. The molecule has 4 rings (SSSR count). The van der Waals surface area contributed by atoms with E-state index in [4.69, 9.17) is 4.74 Å². The van der Waals surface area contributed by atoms with Crippen molar-refractivity contribution in [3.05, 3.63) is 70.5 Å². The van der Waals surface area contributed by atoms with Crippen LogP contribution in [-0.2, 0) is 7.05 Å². The van der Waals surface area contributed by atoms with E-state index in [1.165, 1.54) is 5.56 Å². The molecule has 0 radical (unpaired) electrons. The molecule has 174 valence electrons. The van der Waals surface area contributed by atoms with Gasteiger partial charge >= 0.3 is 0 Å². The fraction of sp³-hybridized carbons (Fsp3) is 0.407. The molecule has 2 heterocycles. The number of piperidine rings is 1. The van der Waals surface area contributed by atoms with E-state index >= 15 is 0 Å². The molecule has 2 aromatic carbocycles. The lowest BCUT2D eigenvalue weighted by atomic mass is 9.88. The fourth-order valence-corrected chi connectivity index (χ4v) is 4.68. The van der Waals surface area contributed by atoms with Crippen molar-refractivity contribution < 1.29 is 9.53 Å². The third kappa shape index (κ3) is 5.11. The fourth-order valence-electron chi connectivity index (χ4n) is 4.68. The molecular weight excluding hydrogens is 412 g/mol. The molecule has 6 nitrogen and oxygen atoms in total. The third-order valence-corrected chi connectivity index (χ3v) is 6.65. The summed E-state index contributed by atoms with van der Waals surface area (Å²) < 4.78 is 7.37. The molecule has 1 fully saturated rings. The molecule has 0 bridgehead atoms. The van der Waals surface area contributed by atoms with Crippen molar-refractivity contribution in [1.82, 2.24) is 20.4 Å². The molecule has 1 aromatic heterocycles. The van der Waals surface area contributed by atoms with E-state index in [1.54, 1.807) is 7.11 Å². The Morgan fingerprint density at radius 3 is 2.61 bits per heavy atom. The van der Waals surface area contributed by atoms with Crippen LogP contribution in [0.25, 0.3) is 11.1 Å². The molecule has 0 aliphatic carbocycles. The number of amides is 1. The van der Waals surface area contributed by atoms with Crippen LogP contribution in [-0.4, -0.2) is 35.9 Å². The van der Waals surface area contributed by atoms with Crippen LogP contribution in [0, 0.1) is 13.8 Å². The quantitative estimate of drug-likeness (QED) is 0.577. The maximum Gasteiger partial charge on any atom is 0.252 e. The van der Waals surface area contributed by atoms with Gasteiger partial charge in [-0.25, -0.2) is 0 Å². The topological polar surface area (TPSA) is 68.2 Å². The van der Waals surface area contributed by atoms with Gasteiger partial charge in [-0.1, -0.05) is 12.1 Å². The zero-order valence-electron chi connectivity index (χ0n) is 20.2. The molecule has 0 saturated carbocycles. The molecule has 1 aliphatic heterocycles. The Morgan fingerprint density at radius 1 is 1.18 bits per heavy atom. The highest BCUT2D eigenvalue weighted by Crippen LogP contribution is 2.31. The average Bonchev–Trinajstić information content (AvgIpc) is 3.17. The van der Waals surface area contributed by atoms with Crippen LogP contribution in [0.1, 0.15) is 64.5 Å². The monoisotopic (exact) mass is 446 g/mol. The van der Waals surface area contributed by atoms with Gasteiger partial charge in [0.05, 0.1) is 18.8 Å². The van der Waals surface area contributed by atoms with Crippen LogP contribution in [0.4, 0.5) is 0 Å². The summed E-state index contributed by atoms with van der Waals surface area (Å²) in [5.74, 6) is 1.23. The first-order valence-electron chi connectivity index (χ1n) is 11.7. The van der Waals surface area contributed by atoms with Gasteiger partial charge in [0, 0.05) is 24.4 Å². The second-order valence-corrected chi connectivity index (χ2v) is 9.09. The van der Waals surface area contributed by atoms with Crippen LogP contribution < -0.4 is 15.4 Å². The molecular formula is C27H34N4O2. The number of carbonyl (C=O) groups excluding carboxylic acids is 1. The number of aromatic nitrogens is 2. The van der Waals surface area contributed by atoms with Crippen LogP contribution in [0.5, 0.6) is 5.75 Å². The van der Waals surface area contributed by atoms with Crippen molar-refractivity contribution in [3.63, 3.8) is 0 Å². The van der Waals surface area contributed by atoms with Crippen LogP contribution >= 0.6 is 0 Å². The van der Waals surface area contributed by atoms with Gasteiger partial charge in [-0.15, -0.1) is 0 Å². The van der Waals surface area contributed by atoms with Crippen molar-refractivity contribution in [2.24, 2.45) is 7.05 Å². The Morgan fingerprint density at radius 2 is 1.94 bits per heavy atom. The van der Waals surface area contributed by atoms with Crippen LogP contribution in [0.15, 0.2) is 42.6 Å². The zero-order chi connectivity index (χ0) is 23.5. The molecule has 2 N–H and O–H groups in total. The number of hydrogen-bond donors (Lipinski definition) is 2. The van der Waals surface area contributed by atoms with Gasteiger partial charge in [0.1, 0.15) is 5.75 Å². The molecule has 6 heteroatoms. The minimum atomic E-state index is -0.176. The van der Waals surface area contributed by atoms with Crippen molar-refractivity contribution in [2.45, 2.75) is 45.6 Å². The van der Waals surface area contributed by atoms with E-state index in [0.717, 1.165) is 65.2 Å². The lowest BCUT2D eigenvalue weighted by Gasteiger charge is -2.24. The molecule has 1 saturated heterocycles. The molecule has 1 aliphatic rings. The first kappa shape index (κ1) is 23.1. The van der Waals surface area contributed by atoms with Gasteiger partial charge in [-0.2, -0.15) is 5.10 Å². The first-order chi connectivity index (χ1) is 15.9. The molecule has 1 amide bonds. The lowest BCUT2D eigenvalue weighted by molar-refractivity contribution is 0.0939. The van der Waals surface area contributed by atoms with Crippen molar-refractivity contribution >= 4 is 5.91 Å². The average molecular weight is 447 g/mol. The minimum Gasteiger partial charge on any atom is -0.497 e. The summed E-state index contributed by atoms with van der Waals surface area (Å²) in [4.78, 5) is 13.3. The number of aryl methyl sites for hydroxylation is 3. The van der Waals surface area contributed by atoms with Gasteiger partial charge in [0.15, 0.2) is 0 Å². The van der Waals surface area contributed by atoms with E-state index in [9.17, 15) is 4.79 Å². The SMILES string of the molecule is COc1cc(-c2cn(C)nc2C)cc([C@@H](C)NC(=O)c2cc(C3CCNCC3)ccc2C)c1. The molecule has 33 heavy (non-hydrogen) atoms. The highest BCUT2D eigenvalue weighted by atomic mass is 16.5. The number of nitrogens with one attached hydrogen (secondary N) is 2. The smallest absolute Gasteiger partial charge is 0.252 e. The molecule has 1 atom stereocenters. The second kappa shape index (κ2) is 9.79. The summed E-state index contributed by atoms with van der Waals surface area (Å²) in [6.45, 7) is 8.08. The van der Waals surface area contributed by atoms with E-state index in [0.29, 0.717) is 5.92 Å². The second-order valence-electron chi connectivity index (χ2n) is 9.09. The minimum absolute atomic E-state index is 0.0438. The predicted octanol–water partition coefficient (Wildman–Crippen LogP) is 4.67. The third-order valence-electron chi connectivity index (χ3n) is 6.65. The van der Waals surface area contributed by atoms with Crippen molar-refractivity contribution in [1.29, 1.82) is 0 Å². The summed E-state index contributed by atoms with van der Waals surface area (Å²) in [6.07, 6.45) is 4.23. The number of rotatable bonds is 6. The number of methoxy groups -OCH3 is 1. The lowest BCUT2D eigenvalue weighted by Crippen LogP contribution is -2.28. The Balaban J connectivity index is 1.58. The molecule has 0 unspecified atom stereocenters. The number of carbonyl (C=O) groups is 1. The Labute approximate surface area is 196 Å². The highest BCUT2D eigenvalue weighted by molar-refractivity contribution is 5.96. The van der Waals surface area contributed by atoms with E-state index in [2.05, 4.69) is 40.0 Å².